The molecule has 3 heterocycles. The van der Waals surface area contributed by atoms with Crippen molar-refractivity contribution in [3.63, 3.8) is 0 Å². The summed E-state index contributed by atoms with van der Waals surface area (Å²) in [7, 11) is 2.26. The van der Waals surface area contributed by atoms with Gasteiger partial charge in [-0.3, -0.25) is 9.59 Å². The minimum Gasteiger partial charge on any atom is -0.462 e. The zero-order valence-corrected chi connectivity index (χ0v) is 41.4. The Labute approximate surface area is 367 Å². The van der Waals surface area contributed by atoms with Gasteiger partial charge in [0.2, 0.25) is 0 Å². The fourth-order valence-corrected chi connectivity index (χ4v) is 11.2. The predicted molar refractivity (Wildman–Crippen MR) is 244 cm³/mol. The average molecular weight is 858 g/mol. The van der Waals surface area contributed by atoms with E-state index >= 15 is 0 Å². The molecular weight excluding hydrogens is 771 g/mol. The molecule has 1 aromatic rings. The van der Waals surface area contributed by atoms with Crippen molar-refractivity contribution in [2.24, 2.45) is 29.6 Å². The van der Waals surface area contributed by atoms with E-state index < -0.39 is 14.2 Å². The minimum absolute atomic E-state index is 0.00578. The van der Waals surface area contributed by atoms with Gasteiger partial charge in [0.1, 0.15) is 12.7 Å². The molecule has 344 valence electrons. The van der Waals surface area contributed by atoms with Crippen molar-refractivity contribution >= 4 is 20.3 Å². The Bertz CT molecular complexity index is 1430. The third-order valence-corrected chi connectivity index (χ3v) is 19.5. The molecule has 9 nitrogen and oxygen atoms in total. The quantitative estimate of drug-likeness (QED) is 0.0788. The van der Waals surface area contributed by atoms with Gasteiger partial charge in [0, 0.05) is 23.8 Å². The highest BCUT2D eigenvalue weighted by Crippen LogP contribution is 2.44. The lowest BCUT2D eigenvalue weighted by atomic mass is 9.84. The standard InChI is InChI=1S/C50H87NO8Si/c1-15-21-38(51(11)12)31-39-25-26-43(55-39)34(5)47(59-60(13,14)50(8,9)10)35(6)44-27-28-45(56-44)36(7)48(52)58-41(22-16-2)33(4)42-29-30-46(57-42)40(17-3)49(53)54-32-37-23-19-18-20-24-37/h18-20,23-24,33-36,38-47H,15-17,21-22,25-32H2,1-14H3/t33-,34+,35+,36+,38+,39-,40+,41-,42-,43+,44-,45+,46+,47-/m0/s1. The van der Waals surface area contributed by atoms with Gasteiger partial charge in [-0.05, 0) is 109 Å². The van der Waals surface area contributed by atoms with Gasteiger partial charge in [0.05, 0.1) is 54.6 Å². The summed E-state index contributed by atoms with van der Waals surface area (Å²) in [4.78, 5) is 29.5. The van der Waals surface area contributed by atoms with Crippen LogP contribution < -0.4 is 0 Å². The van der Waals surface area contributed by atoms with Gasteiger partial charge in [0.15, 0.2) is 8.32 Å². The van der Waals surface area contributed by atoms with Crippen LogP contribution in [0.4, 0.5) is 0 Å². The summed E-state index contributed by atoms with van der Waals surface area (Å²) in [5.41, 5.74) is 0.972. The summed E-state index contributed by atoms with van der Waals surface area (Å²) in [5.74, 6) is -0.768. The van der Waals surface area contributed by atoms with Crippen molar-refractivity contribution in [3.05, 3.63) is 35.9 Å². The number of carbonyl (C=O) groups excluding carboxylic acids is 2. The number of benzene rings is 1. The van der Waals surface area contributed by atoms with E-state index in [1.54, 1.807) is 0 Å². The Hall–Kier alpha value is -1.82. The molecule has 14 atom stereocenters. The zero-order chi connectivity index (χ0) is 44.4. The normalized spacial score (nSPS) is 27.9. The first-order chi connectivity index (χ1) is 28.3. The number of esters is 2. The van der Waals surface area contributed by atoms with E-state index in [2.05, 4.69) is 87.5 Å². The van der Waals surface area contributed by atoms with Crippen LogP contribution in [0.1, 0.15) is 152 Å². The van der Waals surface area contributed by atoms with Crippen LogP contribution in [0.15, 0.2) is 30.3 Å². The summed E-state index contributed by atoms with van der Waals surface area (Å²) in [6.45, 7) is 27.1. The lowest BCUT2D eigenvalue weighted by Crippen LogP contribution is -2.51. The summed E-state index contributed by atoms with van der Waals surface area (Å²) >= 11 is 0. The van der Waals surface area contributed by atoms with Gasteiger partial charge in [-0.25, -0.2) is 0 Å². The van der Waals surface area contributed by atoms with Crippen molar-refractivity contribution in [2.75, 3.05) is 14.1 Å². The number of nitrogens with zero attached hydrogens (tertiary/aromatic N) is 1. The summed E-state index contributed by atoms with van der Waals surface area (Å²) in [5, 5.41) is 0.0723. The smallest absolute Gasteiger partial charge is 0.311 e. The molecule has 0 unspecified atom stereocenters. The maximum Gasteiger partial charge on any atom is 0.311 e. The van der Waals surface area contributed by atoms with E-state index in [0.717, 1.165) is 63.4 Å². The zero-order valence-electron chi connectivity index (χ0n) is 40.4. The Morgan fingerprint density at radius 2 is 1.30 bits per heavy atom. The second-order valence-corrected chi connectivity index (χ2v) is 25.4. The molecule has 0 aliphatic carbocycles. The molecule has 0 spiro atoms. The molecule has 3 fully saturated rings. The first-order valence-corrected chi connectivity index (χ1v) is 26.9. The molecule has 0 radical (unpaired) electrons. The lowest BCUT2D eigenvalue weighted by molar-refractivity contribution is -0.166. The highest BCUT2D eigenvalue weighted by atomic mass is 28.4. The molecular formula is C50H87NO8Si. The molecule has 0 N–H and O–H groups in total. The van der Waals surface area contributed by atoms with Crippen molar-refractivity contribution in [1.82, 2.24) is 4.90 Å². The predicted octanol–water partition coefficient (Wildman–Crippen LogP) is 11.2. The Kier molecular flexibility index (Phi) is 19.7. The fraction of sp³-hybridized carbons (Fsp3) is 0.840. The summed E-state index contributed by atoms with van der Waals surface area (Å²) < 4.78 is 39.8. The molecule has 4 rings (SSSR count). The van der Waals surface area contributed by atoms with Crippen molar-refractivity contribution in [1.29, 1.82) is 0 Å². The monoisotopic (exact) mass is 858 g/mol. The molecule has 60 heavy (non-hydrogen) atoms. The van der Waals surface area contributed by atoms with E-state index in [1.165, 1.54) is 12.8 Å². The number of hydrogen-bond acceptors (Lipinski definition) is 9. The van der Waals surface area contributed by atoms with E-state index in [1.807, 2.05) is 44.2 Å². The average Bonchev–Trinajstić information content (AvgIpc) is 4.00. The maximum atomic E-state index is 14.0. The number of rotatable bonds is 23. The van der Waals surface area contributed by atoms with Crippen LogP contribution in [-0.4, -0.2) is 94.1 Å². The molecule has 3 aliphatic rings. The molecule has 3 saturated heterocycles. The third kappa shape index (κ3) is 13.6. The van der Waals surface area contributed by atoms with Crippen LogP contribution in [0, 0.1) is 29.6 Å². The van der Waals surface area contributed by atoms with Crippen LogP contribution >= 0.6 is 0 Å². The minimum atomic E-state index is -2.13. The van der Waals surface area contributed by atoms with Gasteiger partial charge in [-0.1, -0.05) is 105 Å². The van der Waals surface area contributed by atoms with Crippen LogP contribution in [0.2, 0.25) is 18.1 Å². The summed E-state index contributed by atoms with van der Waals surface area (Å²) in [6, 6.07) is 10.3. The molecule has 1 aromatic carbocycles. The van der Waals surface area contributed by atoms with Crippen LogP contribution in [-0.2, 0) is 44.3 Å². The molecule has 3 aliphatic heterocycles. The van der Waals surface area contributed by atoms with Crippen molar-refractivity contribution in [2.45, 2.75) is 226 Å². The SMILES string of the molecule is CCC[C@H](C[C@@H]1CC[C@H]([C@@H](C)[C@H](O[Si](C)(C)C(C)(C)C)[C@H](C)[C@@H]2CC[C@H]([C@@H](C)C(=O)O[C@@H](CCC)[C@H](C)[C@@H]3CC[C@H]([C@@H](CC)C(=O)OCc4ccccc4)O3)O2)O1)N(C)C. The molecule has 0 saturated carbocycles. The van der Waals surface area contributed by atoms with Gasteiger partial charge >= 0.3 is 11.9 Å². The Balaban J connectivity index is 1.36. The highest BCUT2D eigenvalue weighted by molar-refractivity contribution is 6.74. The van der Waals surface area contributed by atoms with Crippen LogP contribution in [0.25, 0.3) is 0 Å². The first-order valence-electron chi connectivity index (χ1n) is 24.0. The molecule has 0 bridgehead atoms. The molecule has 10 heteroatoms. The molecule has 0 aromatic heterocycles. The van der Waals surface area contributed by atoms with Crippen LogP contribution in [0.5, 0.6) is 0 Å². The van der Waals surface area contributed by atoms with Crippen LogP contribution in [0.3, 0.4) is 0 Å². The van der Waals surface area contributed by atoms with Gasteiger partial charge < -0.3 is 33.0 Å². The van der Waals surface area contributed by atoms with E-state index in [9.17, 15) is 9.59 Å². The molecule has 0 amide bonds. The van der Waals surface area contributed by atoms with E-state index in [4.69, 9.17) is 28.1 Å². The number of hydrogen-bond donors (Lipinski definition) is 0. The number of ether oxygens (including phenoxy) is 5. The van der Waals surface area contributed by atoms with Gasteiger partial charge in [-0.2, -0.15) is 0 Å². The topological polar surface area (TPSA) is 92.8 Å². The highest BCUT2D eigenvalue weighted by Gasteiger charge is 2.48. The lowest BCUT2D eigenvalue weighted by Gasteiger charge is -2.45. The third-order valence-electron chi connectivity index (χ3n) is 15.0. The Morgan fingerprint density at radius 1 is 0.750 bits per heavy atom. The second kappa shape index (κ2) is 23.2. The number of carbonyl (C=O) groups is 2. The summed E-state index contributed by atoms with van der Waals surface area (Å²) in [6.07, 6.45) is 10.9. The van der Waals surface area contributed by atoms with Crippen molar-refractivity contribution < 1.29 is 37.7 Å². The largest absolute Gasteiger partial charge is 0.462 e. The van der Waals surface area contributed by atoms with Gasteiger partial charge in [-0.15, -0.1) is 0 Å². The Morgan fingerprint density at radius 3 is 1.88 bits per heavy atom. The second-order valence-electron chi connectivity index (χ2n) is 20.7. The van der Waals surface area contributed by atoms with E-state index in [-0.39, 0.29) is 96.1 Å². The van der Waals surface area contributed by atoms with Gasteiger partial charge in [0.25, 0.3) is 0 Å². The van der Waals surface area contributed by atoms with E-state index in [0.29, 0.717) is 12.5 Å². The first kappa shape index (κ1) is 50.8. The van der Waals surface area contributed by atoms with Crippen molar-refractivity contribution in [3.8, 4) is 0 Å². The maximum absolute atomic E-state index is 14.0. The fourth-order valence-electron chi connectivity index (χ4n) is 9.75.